The van der Waals surface area contributed by atoms with E-state index in [9.17, 15) is 18.0 Å². The summed E-state index contributed by atoms with van der Waals surface area (Å²) in [5.41, 5.74) is 1.92. The number of carbonyl (C=O) groups excluding carboxylic acids is 1. The summed E-state index contributed by atoms with van der Waals surface area (Å²) in [5.74, 6) is -0.686. The fourth-order valence-corrected chi connectivity index (χ4v) is 4.35. The summed E-state index contributed by atoms with van der Waals surface area (Å²) >= 11 is 2.14. The lowest BCUT2D eigenvalue weighted by Gasteiger charge is -2.39. The highest BCUT2D eigenvalue weighted by Crippen LogP contribution is 2.37. The molecule has 0 unspecified atom stereocenters. The molecule has 32 heavy (non-hydrogen) atoms. The average molecular weight is 556 g/mol. The molecule has 0 bridgehead atoms. The van der Waals surface area contributed by atoms with Crippen LogP contribution < -0.4 is 15.6 Å². The van der Waals surface area contributed by atoms with Gasteiger partial charge in [0.1, 0.15) is 0 Å². The molecule has 168 valence electrons. The van der Waals surface area contributed by atoms with E-state index in [4.69, 9.17) is 4.84 Å². The molecule has 0 saturated carbocycles. The number of hydrazine groups is 1. The van der Waals surface area contributed by atoms with E-state index >= 15 is 0 Å². The fraction of sp³-hybridized carbons (Fsp3) is 0.227. The maximum Gasteiger partial charge on any atom is 0.418 e. The van der Waals surface area contributed by atoms with Crippen LogP contribution in [0.2, 0.25) is 0 Å². The maximum absolute atomic E-state index is 13.8. The van der Waals surface area contributed by atoms with E-state index in [0.29, 0.717) is 30.8 Å². The standard InChI is InChI=1S/C22H20F3IN4O2/c1-32-30-20(28-21(31)14-5-3-2-4-6-14)10-16(22(23,24)25)13-29(30)19-11-17(26)9-15-12-27-8-7-18(15)19/h2-6,9-11,13,27H,7-8,12H2,1H3,(H,28,31). The zero-order valence-corrected chi connectivity index (χ0v) is 19.2. The van der Waals surface area contributed by atoms with Crippen LogP contribution in [0.5, 0.6) is 0 Å². The summed E-state index contributed by atoms with van der Waals surface area (Å²) in [6.45, 7) is 1.34. The molecule has 0 atom stereocenters. The number of amides is 1. The third-order valence-electron chi connectivity index (χ3n) is 5.13. The predicted molar refractivity (Wildman–Crippen MR) is 122 cm³/mol. The number of fused-ring (bicyclic) bond motifs is 1. The van der Waals surface area contributed by atoms with Gasteiger partial charge in [0.2, 0.25) is 0 Å². The summed E-state index contributed by atoms with van der Waals surface area (Å²) in [4.78, 5) is 18.1. The van der Waals surface area contributed by atoms with E-state index < -0.39 is 17.7 Å². The van der Waals surface area contributed by atoms with Gasteiger partial charge in [0.15, 0.2) is 5.82 Å². The average Bonchev–Trinajstić information content (AvgIpc) is 2.78. The van der Waals surface area contributed by atoms with Crippen molar-refractivity contribution in [2.45, 2.75) is 19.1 Å². The molecule has 2 aromatic rings. The van der Waals surface area contributed by atoms with E-state index in [0.717, 1.165) is 32.1 Å². The number of alkyl halides is 3. The van der Waals surface area contributed by atoms with Crippen molar-refractivity contribution in [2.24, 2.45) is 0 Å². The first kappa shape index (κ1) is 22.6. The SMILES string of the molecule is CON1C(NC(=O)c2ccccc2)=CC(C(F)(F)F)=CN1c1cc(I)cc2c1CCNC2. The molecule has 0 fully saturated rings. The first-order chi connectivity index (χ1) is 15.3. The minimum Gasteiger partial charge on any atom is -0.312 e. The van der Waals surface area contributed by atoms with Crippen LogP contribution in [0.3, 0.4) is 0 Å². The van der Waals surface area contributed by atoms with Gasteiger partial charge in [-0.15, -0.1) is 5.17 Å². The quantitative estimate of drug-likeness (QED) is 0.552. The highest BCUT2D eigenvalue weighted by molar-refractivity contribution is 14.1. The van der Waals surface area contributed by atoms with Crippen molar-refractivity contribution in [3.63, 3.8) is 0 Å². The van der Waals surface area contributed by atoms with Crippen molar-refractivity contribution in [2.75, 3.05) is 18.7 Å². The van der Waals surface area contributed by atoms with E-state index in [1.165, 1.54) is 12.1 Å². The van der Waals surface area contributed by atoms with E-state index in [1.807, 2.05) is 12.1 Å². The molecule has 10 heteroatoms. The summed E-state index contributed by atoms with van der Waals surface area (Å²) in [6.07, 6.45) is -2.12. The first-order valence-corrected chi connectivity index (χ1v) is 10.9. The third kappa shape index (κ3) is 4.62. The van der Waals surface area contributed by atoms with Gasteiger partial charge in [-0.2, -0.15) is 13.2 Å². The minimum absolute atomic E-state index is 0.141. The molecule has 2 aliphatic heterocycles. The monoisotopic (exact) mass is 556 g/mol. The molecule has 1 amide bonds. The van der Waals surface area contributed by atoms with Crippen molar-refractivity contribution in [3.8, 4) is 0 Å². The van der Waals surface area contributed by atoms with Crippen molar-refractivity contribution in [1.29, 1.82) is 0 Å². The second-order valence-corrected chi connectivity index (χ2v) is 8.47. The highest BCUT2D eigenvalue weighted by atomic mass is 127. The molecule has 2 N–H and O–H groups in total. The van der Waals surface area contributed by atoms with Crippen molar-refractivity contribution in [1.82, 2.24) is 15.8 Å². The Morgan fingerprint density at radius 1 is 1.22 bits per heavy atom. The van der Waals surface area contributed by atoms with Gasteiger partial charge < -0.3 is 10.6 Å². The molecule has 4 rings (SSSR count). The Morgan fingerprint density at radius 2 is 1.97 bits per heavy atom. The number of benzene rings is 2. The number of hydroxylamine groups is 1. The number of nitrogens with zero attached hydrogens (tertiary/aromatic N) is 2. The van der Waals surface area contributed by atoms with Crippen LogP contribution in [0.15, 0.2) is 66.1 Å². The summed E-state index contributed by atoms with van der Waals surface area (Å²) in [6, 6.07) is 12.1. The van der Waals surface area contributed by atoms with Gasteiger partial charge in [-0.1, -0.05) is 18.2 Å². The van der Waals surface area contributed by atoms with E-state index in [2.05, 4.69) is 33.2 Å². The van der Waals surface area contributed by atoms with Crippen molar-refractivity contribution < 1.29 is 22.8 Å². The number of carbonyl (C=O) groups is 1. The highest BCUT2D eigenvalue weighted by Gasteiger charge is 2.38. The van der Waals surface area contributed by atoms with Gasteiger partial charge in [-0.25, -0.2) is 5.01 Å². The van der Waals surface area contributed by atoms with Gasteiger partial charge in [0, 0.05) is 21.9 Å². The molecule has 0 aliphatic carbocycles. The summed E-state index contributed by atoms with van der Waals surface area (Å²) in [7, 11) is 1.34. The summed E-state index contributed by atoms with van der Waals surface area (Å²) in [5, 5.41) is 8.30. The summed E-state index contributed by atoms with van der Waals surface area (Å²) < 4.78 is 42.2. The van der Waals surface area contributed by atoms with Crippen LogP contribution in [0.4, 0.5) is 18.9 Å². The number of allylic oxidation sites excluding steroid dienone is 2. The molecule has 2 aromatic carbocycles. The Labute approximate surface area is 196 Å². The van der Waals surface area contributed by atoms with Crippen LogP contribution in [0, 0.1) is 3.57 Å². The Balaban J connectivity index is 1.78. The largest absolute Gasteiger partial charge is 0.418 e. The third-order valence-corrected chi connectivity index (χ3v) is 5.75. The molecular weight excluding hydrogens is 536 g/mol. The van der Waals surface area contributed by atoms with Crippen LogP contribution >= 0.6 is 22.6 Å². The van der Waals surface area contributed by atoms with Gasteiger partial charge >= 0.3 is 6.18 Å². The smallest absolute Gasteiger partial charge is 0.312 e. The number of hydrogen-bond donors (Lipinski definition) is 2. The molecular formula is C22H20F3IN4O2. The van der Waals surface area contributed by atoms with E-state index in [-0.39, 0.29) is 5.82 Å². The van der Waals surface area contributed by atoms with Crippen LogP contribution in [-0.2, 0) is 17.8 Å². The van der Waals surface area contributed by atoms with Gasteiger partial charge in [-0.3, -0.25) is 9.63 Å². The van der Waals surface area contributed by atoms with Crippen molar-refractivity contribution >= 4 is 34.2 Å². The topological polar surface area (TPSA) is 56.8 Å². The number of halogens is 4. The lowest BCUT2D eigenvalue weighted by molar-refractivity contribution is -0.116. The van der Waals surface area contributed by atoms with Crippen LogP contribution in [0.25, 0.3) is 0 Å². The molecule has 0 aromatic heterocycles. The van der Waals surface area contributed by atoms with Crippen molar-refractivity contribution in [3.05, 3.63) is 86.4 Å². The molecule has 6 nitrogen and oxygen atoms in total. The lowest BCUT2D eigenvalue weighted by Crippen LogP contribution is -2.47. The van der Waals surface area contributed by atoms with Gasteiger partial charge in [-0.05, 0) is 77.0 Å². The Kier molecular flexibility index (Phi) is 6.45. The minimum atomic E-state index is -4.62. The Morgan fingerprint density at radius 3 is 2.66 bits per heavy atom. The van der Waals surface area contributed by atoms with Crippen LogP contribution in [0.1, 0.15) is 21.5 Å². The fourth-order valence-electron chi connectivity index (χ4n) is 3.68. The Bertz CT molecular complexity index is 1090. The zero-order valence-electron chi connectivity index (χ0n) is 17.0. The van der Waals surface area contributed by atoms with E-state index in [1.54, 1.807) is 30.3 Å². The predicted octanol–water partition coefficient (Wildman–Crippen LogP) is 4.25. The van der Waals surface area contributed by atoms with Crippen LogP contribution in [-0.4, -0.2) is 30.9 Å². The van der Waals surface area contributed by atoms with Gasteiger partial charge in [0.25, 0.3) is 5.91 Å². The lowest BCUT2D eigenvalue weighted by atomic mass is 9.98. The number of nitrogens with one attached hydrogen (secondary N) is 2. The zero-order chi connectivity index (χ0) is 22.9. The molecule has 0 radical (unpaired) electrons. The first-order valence-electron chi connectivity index (χ1n) is 9.80. The molecule has 2 aliphatic rings. The molecule has 0 saturated heterocycles. The normalized spacial score (nSPS) is 16.3. The maximum atomic E-state index is 13.8. The molecule has 2 heterocycles. The number of hydrogen-bond acceptors (Lipinski definition) is 5. The number of anilines is 1. The second-order valence-electron chi connectivity index (χ2n) is 7.22. The number of rotatable bonds is 4. The Hall–Kier alpha value is -2.57. The van der Waals surface area contributed by atoms with Gasteiger partial charge in [0.05, 0.1) is 18.4 Å². The second kappa shape index (κ2) is 9.12. The molecule has 0 spiro atoms.